The standard InChI is InChI=1S/C24H27ClN6O5/c1-29-19-3-2-16(10-15(19)11-20(23(29)34)36-14-21(32)33)27-22-18(25)12-26-24(28-22)31-5-4-17(13-31)30-6-8-35-9-7-30/h2-3,10-12,17H,4-9,13-14H2,1H3,(H,32,33)(H,26,27,28). The van der Waals surface area contributed by atoms with E-state index in [-0.39, 0.29) is 5.75 Å². The molecule has 2 fully saturated rings. The number of hydrogen-bond donors (Lipinski definition) is 2. The van der Waals surface area contributed by atoms with Crippen LogP contribution in [0.1, 0.15) is 6.42 Å². The number of benzene rings is 1. The highest BCUT2D eigenvalue weighted by molar-refractivity contribution is 6.32. The SMILES string of the molecule is Cn1c(=O)c(OCC(=O)O)cc2cc(Nc3nc(N4CCC(N5CCOCC5)C4)ncc3Cl)ccc21. The number of nitrogens with zero attached hydrogens (tertiary/aromatic N) is 5. The van der Waals surface area contributed by atoms with Gasteiger partial charge in [-0.15, -0.1) is 0 Å². The maximum absolute atomic E-state index is 12.5. The molecule has 1 unspecified atom stereocenters. The number of carboxylic acids is 1. The van der Waals surface area contributed by atoms with Crippen molar-refractivity contribution in [3.63, 3.8) is 0 Å². The zero-order chi connectivity index (χ0) is 25.2. The lowest BCUT2D eigenvalue weighted by Crippen LogP contribution is -2.44. The summed E-state index contributed by atoms with van der Waals surface area (Å²) in [5.74, 6) is -0.0972. The van der Waals surface area contributed by atoms with Crippen molar-refractivity contribution in [2.24, 2.45) is 7.05 Å². The van der Waals surface area contributed by atoms with Gasteiger partial charge in [0.05, 0.1) is 24.9 Å². The molecule has 0 saturated carbocycles. The lowest BCUT2D eigenvalue weighted by molar-refractivity contribution is -0.139. The molecule has 36 heavy (non-hydrogen) atoms. The van der Waals surface area contributed by atoms with Gasteiger partial charge in [0.15, 0.2) is 18.2 Å². The summed E-state index contributed by atoms with van der Waals surface area (Å²) < 4.78 is 12.1. The van der Waals surface area contributed by atoms with Crippen molar-refractivity contribution in [1.82, 2.24) is 19.4 Å². The molecule has 12 heteroatoms. The van der Waals surface area contributed by atoms with Gasteiger partial charge in [-0.1, -0.05) is 11.6 Å². The third kappa shape index (κ3) is 5.08. The Balaban J connectivity index is 1.36. The molecular weight excluding hydrogens is 488 g/mol. The normalized spacial score (nSPS) is 18.5. The number of ether oxygens (including phenoxy) is 2. The fraction of sp³-hybridized carbons (Fsp3) is 0.417. The molecule has 0 radical (unpaired) electrons. The molecule has 1 aromatic carbocycles. The molecule has 2 aliphatic rings. The first-order valence-corrected chi connectivity index (χ1v) is 12.1. The number of morpholine rings is 1. The lowest BCUT2D eigenvalue weighted by Gasteiger charge is -2.32. The first-order valence-electron chi connectivity index (χ1n) is 11.7. The molecule has 5 rings (SSSR count). The fourth-order valence-corrected chi connectivity index (χ4v) is 4.81. The Kier molecular flexibility index (Phi) is 6.95. The van der Waals surface area contributed by atoms with Gasteiger partial charge in [-0.2, -0.15) is 4.98 Å². The molecule has 2 saturated heterocycles. The molecule has 4 heterocycles. The van der Waals surface area contributed by atoms with E-state index in [2.05, 4.69) is 20.1 Å². The van der Waals surface area contributed by atoms with Crippen LogP contribution in [0.4, 0.5) is 17.5 Å². The zero-order valence-corrected chi connectivity index (χ0v) is 20.6. The van der Waals surface area contributed by atoms with Gasteiger partial charge in [-0.05, 0) is 30.7 Å². The van der Waals surface area contributed by atoms with Crippen molar-refractivity contribution >= 4 is 45.9 Å². The second-order valence-electron chi connectivity index (χ2n) is 8.86. The smallest absolute Gasteiger partial charge is 0.341 e. The van der Waals surface area contributed by atoms with Crippen LogP contribution in [0.5, 0.6) is 5.75 Å². The number of carbonyl (C=O) groups is 1. The van der Waals surface area contributed by atoms with Gasteiger partial charge in [0.2, 0.25) is 5.95 Å². The van der Waals surface area contributed by atoms with Crippen LogP contribution in [0.15, 0.2) is 35.3 Å². The van der Waals surface area contributed by atoms with Crippen molar-refractivity contribution in [3.05, 3.63) is 45.8 Å². The molecule has 190 valence electrons. The van der Waals surface area contributed by atoms with Crippen molar-refractivity contribution in [1.29, 1.82) is 0 Å². The van der Waals surface area contributed by atoms with Crippen molar-refractivity contribution < 1.29 is 19.4 Å². The molecule has 2 aliphatic heterocycles. The Bertz CT molecular complexity index is 1340. The van der Waals surface area contributed by atoms with E-state index in [1.54, 1.807) is 19.3 Å². The van der Waals surface area contributed by atoms with Gasteiger partial charge in [0.25, 0.3) is 5.56 Å². The Labute approximate surface area is 212 Å². The van der Waals surface area contributed by atoms with Gasteiger partial charge in [-0.25, -0.2) is 9.78 Å². The molecule has 2 N–H and O–H groups in total. The number of carboxylic acid groups (broad SMARTS) is 1. The van der Waals surface area contributed by atoms with E-state index < -0.39 is 18.1 Å². The largest absolute Gasteiger partial charge is 0.479 e. The van der Waals surface area contributed by atoms with Crippen LogP contribution in [0.25, 0.3) is 10.9 Å². The molecule has 0 aliphatic carbocycles. The van der Waals surface area contributed by atoms with E-state index in [0.29, 0.717) is 39.4 Å². The van der Waals surface area contributed by atoms with Gasteiger partial charge >= 0.3 is 5.97 Å². The number of aryl methyl sites for hydroxylation is 1. The maximum Gasteiger partial charge on any atom is 0.341 e. The summed E-state index contributed by atoms with van der Waals surface area (Å²) >= 11 is 6.41. The second-order valence-corrected chi connectivity index (χ2v) is 9.26. The fourth-order valence-electron chi connectivity index (χ4n) is 4.67. The summed E-state index contributed by atoms with van der Waals surface area (Å²) in [4.78, 5) is 37.1. The van der Waals surface area contributed by atoms with Crippen LogP contribution in [-0.4, -0.2) is 82.6 Å². The minimum atomic E-state index is -1.16. The number of nitrogens with one attached hydrogen (secondary N) is 1. The number of rotatable bonds is 7. The van der Waals surface area contributed by atoms with Crippen LogP contribution in [-0.2, 0) is 16.6 Å². The van der Waals surface area contributed by atoms with Crippen LogP contribution in [0, 0.1) is 0 Å². The van der Waals surface area contributed by atoms with Crippen molar-refractivity contribution in [2.45, 2.75) is 12.5 Å². The molecule has 1 atom stereocenters. The van der Waals surface area contributed by atoms with Gasteiger partial charge < -0.3 is 29.4 Å². The number of fused-ring (bicyclic) bond motifs is 1. The van der Waals surface area contributed by atoms with E-state index >= 15 is 0 Å². The minimum Gasteiger partial charge on any atom is -0.479 e. The first-order chi connectivity index (χ1) is 17.4. The molecule has 11 nitrogen and oxygen atoms in total. The van der Waals surface area contributed by atoms with E-state index in [1.807, 2.05) is 12.1 Å². The topological polar surface area (TPSA) is 122 Å². The number of halogens is 1. The highest BCUT2D eigenvalue weighted by Crippen LogP contribution is 2.29. The summed E-state index contributed by atoms with van der Waals surface area (Å²) in [5.41, 5.74) is 0.965. The number of aliphatic carboxylic acids is 1. The molecule has 3 aromatic rings. The summed E-state index contributed by atoms with van der Waals surface area (Å²) in [5, 5.41) is 13.2. The Morgan fingerprint density at radius 3 is 2.86 bits per heavy atom. The zero-order valence-electron chi connectivity index (χ0n) is 19.8. The lowest BCUT2D eigenvalue weighted by atomic mass is 10.2. The Morgan fingerprint density at radius 2 is 2.08 bits per heavy atom. The van der Waals surface area contributed by atoms with E-state index in [4.69, 9.17) is 31.2 Å². The third-order valence-electron chi connectivity index (χ3n) is 6.54. The van der Waals surface area contributed by atoms with Crippen LogP contribution in [0.2, 0.25) is 5.02 Å². The summed E-state index contributed by atoms with van der Waals surface area (Å²) in [6.45, 7) is 4.56. The second kappa shape index (κ2) is 10.3. The number of anilines is 3. The predicted molar refractivity (Wildman–Crippen MR) is 136 cm³/mol. The number of pyridine rings is 1. The Hall–Kier alpha value is -3.41. The van der Waals surface area contributed by atoms with Crippen molar-refractivity contribution in [2.75, 3.05) is 56.2 Å². The van der Waals surface area contributed by atoms with Crippen LogP contribution in [0.3, 0.4) is 0 Å². The first kappa shape index (κ1) is 24.3. The average Bonchev–Trinajstić information content (AvgIpc) is 3.37. The Morgan fingerprint density at radius 1 is 1.28 bits per heavy atom. The predicted octanol–water partition coefficient (Wildman–Crippen LogP) is 2.10. The van der Waals surface area contributed by atoms with Gasteiger partial charge in [0, 0.05) is 50.3 Å². The van der Waals surface area contributed by atoms with E-state index in [1.165, 1.54) is 10.6 Å². The summed E-state index contributed by atoms with van der Waals surface area (Å²) in [6, 6.07) is 7.43. The number of hydrogen-bond acceptors (Lipinski definition) is 9. The highest BCUT2D eigenvalue weighted by Gasteiger charge is 2.30. The summed E-state index contributed by atoms with van der Waals surface area (Å²) in [6.07, 6.45) is 2.64. The average molecular weight is 515 g/mol. The third-order valence-corrected chi connectivity index (χ3v) is 6.82. The van der Waals surface area contributed by atoms with Gasteiger partial charge in [-0.3, -0.25) is 9.69 Å². The molecule has 2 aromatic heterocycles. The molecule has 0 amide bonds. The quantitative estimate of drug-likeness (QED) is 0.484. The number of aromatic nitrogens is 3. The van der Waals surface area contributed by atoms with E-state index in [9.17, 15) is 9.59 Å². The molecule has 0 bridgehead atoms. The van der Waals surface area contributed by atoms with Crippen molar-refractivity contribution in [3.8, 4) is 5.75 Å². The van der Waals surface area contributed by atoms with Crippen LogP contribution < -0.4 is 20.5 Å². The molecular formula is C24H27ClN6O5. The summed E-state index contributed by atoms with van der Waals surface area (Å²) in [7, 11) is 1.61. The minimum absolute atomic E-state index is 0.0317. The van der Waals surface area contributed by atoms with Gasteiger partial charge in [0.1, 0.15) is 5.02 Å². The monoisotopic (exact) mass is 514 g/mol. The van der Waals surface area contributed by atoms with Crippen LogP contribution >= 0.6 is 11.6 Å². The highest BCUT2D eigenvalue weighted by atomic mass is 35.5. The maximum atomic E-state index is 12.5. The molecule has 0 spiro atoms. The van der Waals surface area contributed by atoms with E-state index in [0.717, 1.165) is 45.8 Å².